The molecule has 2 unspecified atom stereocenters. The highest BCUT2D eigenvalue weighted by Crippen LogP contribution is 2.44. The van der Waals surface area contributed by atoms with Gasteiger partial charge in [0.25, 0.3) is 5.69 Å². The first-order chi connectivity index (χ1) is 8.70. The number of piperidine rings is 1. The first-order valence-electron chi connectivity index (χ1n) is 5.86. The molecule has 3 rings (SSSR count). The van der Waals surface area contributed by atoms with Crippen LogP contribution in [0.4, 0.5) is 11.4 Å². The van der Waals surface area contributed by atoms with E-state index in [0.29, 0.717) is 29.1 Å². The Morgan fingerprint density at radius 3 is 2.78 bits per heavy atom. The number of benzene rings is 1. The molecule has 1 aliphatic carbocycles. The van der Waals surface area contributed by atoms with Crippen molar-refractivity contribution in [3.63, 3.8) is 0 Å². The van der Waals surface area contributed by atoms with Crippen LogP contribution in [0.5, 0.6) is 0 Å². The molecule has 2 fully saturated rings. The number of non-ortho nitro benzene ring substituents is 1. The van der Waals surface area contributed by atoms with Gasteiger partial charge in [-0.2, -0.15) is 5.26 Å². The van der Waals surface area contributed by atoms with Crippen LogP contribution in [-0.2, 0) is 0 Å². The number of hydrogen-bond acceptors (Lipinski definition) is 5. The van der Waals surface area contributed by atoms with E-state index >= 15 is 0 Å². The third kappa shape index (κ3) is 1.69. The van der Waals surface area contributed by atoms with Crippen molar-refractivity contribution in [2.45, 2.75) is 6.04 Å². The molecule has 1 heterocycles. The van der Waals surface area contributed by atoms with Crippen LogP contribution in [-0.4, -0.2) is 24.1 Å². The Hall–Kier alpha value is -2.13. The molecule has 18 heavy (non-hydrogen) atoms. The van der Waals surface area contributed by atoms with E-state index in [2.05, 4.69) is 10.6 Å². The summed E-state index contributed by atoms with van der Waals surface area (Å²) in [6, 6.07) is 6.78. The van der Waals surface area contributed by atoms with Gasteiger partial charge in [0.15, 0.2) is 0 Å². The lowest BCUT2D eigenvalue weighted by atomic mass is 10.1. The second-order valence-electron chi connectivity index (χ2n) is 4.75. The first-order valence-corrected chi connectivity index (χ1v) is 5.86. The van der Waals surface area contributed by atoms with Gasteiger partial charge in [-0.25, -0.2) is 0 Å². The molecule has 2 atom stereocenters. The van der Waals surface area contributed by atoms with Crippen molar-refractivity contribution in [1.29, 1.82) is 5.26 Å². The summed E-state index contributed by atoms with van der Waals surface area (Å²) in [7, 11) is 0. The lowest BCUT2D eigenvalue weighted by molar-refractivity contribution is -0.384. The molecule has 92 valence electrons. The molecule has 0 amide bonds. The number of nitrogens with zero attached hydrogens (tertiary/aromatic N) is 2. The van der Waals surface area contributed by atoms with Crippen molar-refractivity contribution < 1.29 is 4.92 Å². The van der Waals surface area contributed by atoms with Crippen LogP contribution in [0.2, 0.25) is 0 Å². The number of hydrogen-bond donors (Lipinski definition) is 2. The second-order valence-corrected chi connectivity index (χ2v) is 4.75. The average Bonchev–Trinajstić information content (AvgIpc) is 2.82. The zero-order valence-electron chi connectivity index (χ0n) is 9.59. The molecule has 6 heteroatoms. The Bertz CT molecular complexity index is 541. The number of fused-ring (bicyclic) bond motifs is 1. The van der Waals surface area contributed by atoms with Gasteiger partial charge >= 0.3 is 0 Å². The minimum atomic E-state index is -0.486. The normalized spacial score (nSPS) is 28.3. The molecule has 1 saturated carbocycles. The maximum atomic E-state index is 10.6. The molecule has 0 bridgehead atoms. The molecule has 6 nitrogen and oxygen atoms in total. The molecule has 1 saturated heterocycles. The minimum absolute atomic E-state index is 0.0465. The quantitative estimate of drug-likeness (QED) is 0.613. The van der Waals surface area contributed by atoms with E-state index in [1.165, 1.54) is 12.1 Å². The molecule has 1 aromatic rings. The largest absolute Gasteiger partial charge is 0.381 e. The Labute approximate surface area is 104 Å². The summed E-state index contributed by atoms with van der Waals surface area (Å²) < 4.78 is 0. The van der Waals surface area contributed by atoms with Crippen LogP contribution in [0.15, 0.2) is 18.2 Å². The van der Waals surface area contributed by atoms with Crippen molar-refractivity contribution in [2.24, 2.45) is 11.8 Å². The second kappa shape index (κ2) is 3.96. The zero-order chi connectivity index (χ0) is 12.7. The van der Waals surface area contributed by atoms with E-state index in [-0.39, 0.29) is 5.69 Å². The lowest BCUT2D eigenvalue weighted by Crippen LogP contribution is -2.21. The van der Waals surface area contributed by atoms with E-state index in [4.69, 9.17) is 5.26 Å². The fourth-order valence-electron chi connectivity index (χ4n) is 2.68. The fraction of sp³-hybridized carbons (Fsp3) is 0.417. The Morgan fingerprint density at radius 2 is 2.17 bits per heavy atom. The lowest BCUT2D eigenvalue weighted by Gasteiger charge is -2.10. The molecular formula is C12H12N4O2. The van der Waals surface area contributed by atoms with Gasteiger partial charge in [0.1, 0.15) is 6.07 Å². The average molecular weight is 244 g/mol. The van der Waals surface area contributed by atoms with Crippen LogP contribution in [0.1, 0.15) is 5.56 Å². The summed E-state index contributed by atoms with van der Waals surface area (Å²) in [5.41, 5.74) is 0.986. The van der Waals surface area contributed by atoms with Crippen LogP contribution >= 0.6 is 0 Å². The third-order valence-electron chi connectivity index (χ3n) is 3.75. The maximum absolute atomic E-state index is 10.6. The van der Waals surface area contributed by atoms with Crippen LogP contribution in [0.3, 0.4) is 0 Å². The Morgan fingerprint density at radius 1 is 1.44 bits per heavy atom. The van der Waals surface area contributed by atoms with Gasteiger partial charge in [-0.1, -0.05) is 0 Å². The first kappa shape index (κ1) is 11.0. The fourth-order valence-corrected chi connectivity index (χ4v) is 2.68. The van der Waals surface area contributed by atoms with Crippen molar-refractivity contribution in [1.82, 2.24) is 5.32 Å². The van der Waals surface area contributed by atoms with Crippen molar-refractivity contribution in [3.8, 4) is 6.07 Å². The van der Waals surface area contributed by atoms with E-state index in [1.54, 1.807) is 6.07 Å². The smallest absolute Gasteiger partial charge is 0.270 e. The highest BCUT2D eigenvalue weighted by molar-refractivity contribution is 5.62. The molecule has 1 aromatic carbocycles. The summed E-state index contributed by atoms with van der Waals surface area (Å²) in [5, 5.41) is 26.3. The highest BCUT2D eigenvalue weighted by atomic mass is 16.6. The summed E-state index contributed by atoms with van der Waals surface area (Å²) in [5.74, 6) is 1.26. The maximum Gasteiger partial charge on any atom is 0.270 e. The van der Waals surface area contributed by atoms with Gasteiger partial charge < -0.3 is 10.6 Å². The number of nitro benzene ring substituents is 1. The predicted molar refractivity (Wildman–Crippen MR) is 65.1 cm³/mol. The van der Waals surface area contributed by atoms with E-state index < -0.39 is 4.92 Å². The van der Waals surface area contributed by atoms with Gasteiger partial charge in [0.05, 0.1) is 16.2 Å². The molecule has 1 aliphatic heterocycles. The van der Waals surface area contributed by atoms with E-state index in [1.807, 2.05) is 6.07 Å². The van der Waals surface area contributed by atoms with Crippen molar-refractivity contribution >= 4 is 11.4 Å². The number of nitriles is 1. The molecule has 2 N–H and O–H groups in total. The predicted octanol–water partition coefficient (Wildman–Crippen LogP) is 1.10. The molecular weight excluding hydrogens is 232 g/mol. The van der Waals surface area contributed by atoms with Crippen molar-refractivity contribution in [2.75, 3.05) is 18.4 Å². The number of rotatable bonds is 3. The Kier molecular flexibility index (Phi) is 2.42. The highest BCUT2D eigenvalue weighted by Gasteiger charge is 2.53. The number of nitro groups is 1. The van der Waals surface area contributed by atoms with Gasteiger partial charge in [-0.3, -0.25) is 10.1 Å². The van der Waals surface area contributed by atoms with Crippen LogP contribution in [0, 0.1) is 33.3 Å². The molecule has 2 aliphatic rings. The van der Waals surface area contributed by atoms with E-state index in [9.17, 15) is 10.1 Å². The van der Waals surface area contributed by atoms with Crippen LogP contribution in [0.25, 0.3) is 0 Å². The zero-order valence-corrected chi connectivity index (χ0v) is 9.59. The monoisotopic (exact) mass is 244 g/mol. The van der Waals surface area contributed by atoms with Gasteiger partial charge in [-0.15, -0.1) is 0 Å². The molecule has 0 aromatic heterocycles. The third-order valence-corrected chi connectivity index (χ3v) is 3.75. The topological polar surface area (TPSA) is 91.0 Å². The van der Waals surface area contributed by atoms with Gasteiger partial charge in [0, 0.05) is 31.3 Å². The number of anilines is 1. The van der Waals surface area contributed by atoms with Gasteiger partial charge in [-0.05, 0) is 17.9 Å². The van der Waals surface area contributed by atoms with Gasteiger partial charge in [0.2, 0.25) is 0 Å². The summed E-state index contributed by atoms with van der Waals surface area (Å²) >= 11 is 0. The molecule has 0 radical (unpaired) electrons. The standard InChI is InChI=1S/C12H12N4O2/c13-4-7-3-8(16(17)18)1-2-11(7)15-12-9-5-14-6-10(9)12/h1-3,9-10,12,14-15H,5-6H2. The van der Waals surface area contributed by atoms with Crippen LogP contribution < -0.4 is 10.6 Å². The minimum Gasteiger partial charge on any atom is -0.381 e. The molecule has 0 spiro atoms. The Balaban J connectivity index is 1.80. The SMILES string of the molecule is N#Cc1cc([N+](=O)[O-])ccc1NC1C2CNCC21. The summed E-state index contributed by atoms with van der Waals surface area (Å²) in [4.78, 5) is 10.2. The van der Waals surface area contributed by atoms with E-state index in [0.717, 1.165) is 13.1 Å². The summed E-state index contributed by atoms with van der Waals surface area (Å²) in [6.07, 6.45) is 0. The number of nitrogens with one attached hydrogen (secondary N) is 2. The summed E-state index contributed by atoms with van der Waals surface area (Å²) in [6.45, 7) is 2.02. The van der Waals surface area contributed by atoms with Crippen molar-refractivity contribution in [3.05, 3.63) is 33.9 Å².